The van der Waals surface area contributed by atoms with E-state index in [-0.39, 0.29) is 0 Å². The lowest BCUT2D eigenvalue weighted by molar-refractivity contribution is 0.0804. The lowest BCUT2D eigenvalue weighted by Gasteiger charge is -2.46. The maximum Gasteiger partial charge on any atom is -0.0201 e. The van der Waals surface area contributed by atoms with Gasteiger partial charge in [-0.1, -0.05) is 25.5 Å². The standard InChI is InChI=1S/C12H20/c1-3-4-9(2)12-7-10-5-11(6-10)8-12/h10-12H,2-8H2,1H3. The normalized spacial score (nSPS) is 38.9. The van der Waals surface area contributed by atoms with Crippen LogP contribution in [0.4, 0.5) is 0 Å². The molecule has 0 atom stereocenters. The van der Waals surface area contributed by atoms with Gasteiger partial charge in [0.05, 0.1) is 0 Å². The number of rotatable bonds is 3. The molecule has 12 heavy (non-hydrogen) atoms. The molecular formula is C12H20. The van der Waals surface area contributed by atoms with Gasteiger partial charge in [-0.05, 0) is 49.9 Å². The average molecular weight is 164 g/mol. The van der Waals surface area contributed by atoms with E-state index in [1.165, 1.54) is 38.5 Å². The van der Waals surface area contributed by atoms with Crippen LogP contribution in [0.15, 0.2) is 12.2 Å². The molecule has 0 aliphatic heterocycles. The largest absolute Gasteiger partial charge is 0.0996 e. The van der Waals surface area contributed by atoms with Crippen molar-refractivity contribution in [2.75, 3.05) is 0 Å². The minimum absolute atomic E-state index is 0.905. The molecule has 68 valence electrons. The highest BCUT2D eigenvalue weighted by Gasteiger charge is 2.38. The van der Waals surface area contributed by atoms with Gasteiger partial charge in [-0.2, -0.15) is 0 Å². The van der Waals surface area contributed by atoms with Gasteiger partial charge in [0.2, 0.25) is 0 Å². The van der Waals surface area contributed by atoms with E-state index in [9.17, 15) is 0 Å². The van der Waals surface area contributed by atoms with Gasteiger partial charge in [-0.15, -0.1) is 0 Å². The van der Waals surface area contributed by atoms with Gasteiger partial charge in [-0.25, -0.2) is 0 Å². The highest BCUT2D eigenvalue weighted by Crippen LogP contribution is 2.50. The molecule has 3 aliphatic carbocycles. The van der Waals surface area contributed by atoms with Gasteiger partial charge in [0, 0.05) is 0 Å². The van der Waals surface area contributed by atoms with Crippen LogP contribution < -0.4 is 0 Å². The minimum Gasteiger partial charge on any atom is -0.0996 e. The molecule has 3 saturated carbocycles. The van der Waals surface area contributed by atoms with Crippen LogP contribution in [0.5, 0.6) is 0 Å². The molecule has 0 heterocycles. The summed E-state index contributed by atoms with van der Waals surface area (Å²) in [6.45, 7) is 6.48. The Morgan fingerprint density at radius 3 is 2.25 bits per heavy atom. The Balaban J connectivity index is 1.85. The zero-order chi connectivity index (χ0) is 8.55. The molecular weight excluding hydrogens is 144 g/mol. The molecule has 3 aliphatic rings. The highest BCUT2D eigenvalue weighted by atomic mass is 14.4. The predicted molar refractivity (Wildman–Crippen MR) is 53.0 cm³/mol. The third-order valence-corrected chi connectivity index (χ3v) is 3.72. The third-order valence-electron chi connectivity index (χ3n) is 3.72. The van der Waals surface area contributed by atoms with Crippen LogP contribution in [0.25, 0.3) is 0 Å². The molecule has 0 heteroatoms. The van der Waals surface area contributed by atoms with Crippen molar-refractivity contribution in [2.24, 2.45) is 17.8 Å². The number of hydrogen-bond donors (Lipinski definition) is 0. The van der Waals surface area contributed by atoms with Crippen LogP contribution in [0.2, 0.25) is 0 Å². The summed E-state index contributed by atoms with van der Waals surface area (Å²) in [6, 6.07) is 0. The van der Waals surface area contributed by atoms with Crippen molar-refractivity contribution in [1.82, 2.24) is 0 Å². The molecule has 0 amide bonds. The lowest BCUT2D eigenvalue weighted by atomic mass is 9.60. The highest BCUT2D eigenvalue weighted by molar-refractivity contribution is 5.06. The van der Waals surface area contributed by atoms with Crippen LogP contribution in [-0.4, -0.2) is 0 Å². The molecule has 0 saturated heterocycles. The van der Waals surface area contributed by atoms with E-state index in [0.29, 0.717) is 0 Å². The first-order valence-electron chi connectivity index (χ1n) is 5.47. The molecule has 0 aromatic heterocycles. The van der Waals surface area contributed by atoms with E-state index in [2.05, 4.69) is 13.5 Å². The molecule has 0 aromatic carbocycles. The van der Waals surface area contributed by atoms with Crippen LogP contribution >= 0.6 is 0 Å². The zero-order valence-corrected chi connectivity index (χ0v) is 8.18. The molecule has 0 nitrogen and oxygen atoms in total. The van der Waals surface area contributed by atoms with Gasteiger partial charge in [0.25, 0.3) is 0 Å². The summed E-state index contributed by atoms with van der Waals surface area (Å²) in [5.74, 6) is 3.08. The fraction of sp³-hybridized carbons (Fsp3) is 0.833. The summed E-state index contributed by atoms with van der Waals surface area (Å²) in [7, 11) is 0. The molecule has 0 spiro atoms. The summed E-state index contributed by atoms with van der Waals surface area (Å²) in [5, 5.41) is 0. The second-order valence-electron chi connectivity index (χ2n) is 4.78. The Morgan fingerprint density at radius 2 is 1.75 bits per heavy atom. The minimum atomic E-state index is 0.905. The molecule has 0 N–H and O–H groups in total. The van der Waals surface area contributed by atoms with Crippen molar-refractivity contribution in [2.45, 2.75) is 45.4 Å². The number of fused-ring (bicyclic) bond motifs is 2. The second kappa shape index (κ2) is 3.24. The van der Waals surface area contributed by atoms with Crippen LogP contribution in [-0.2, 0) is 0 Å². The van der Waals surface area contributed by atoms with Crippen molar-refractivity contribution >= 4 is 0 Å². The van der Waals surface area contributed by atoms with Gasteiger partial charge in [0.15, 0.2) is 0 Å². The Bertz CT molecular complexity index is 164. The summed E-state index contributed by atoms with van der Waals surface area (Å²) in [6.07, 6.45) is 8.56. The van der Waals surface area contributed by atoms with Crippen molar-refractivity contribution in [3.63, 3.8) is 0 Å². The van der Waals surface area contributed by atoms with Gasteiger partial charge in [-0.3, -0.25) is 0 Å². The van der Waals surface area contributed by atoms with E-state index in [0.717, 1.165) is 17.8 Å². The van der Waals surface area contributed by atoms with Crippen LogP contribution in [0, 0.1) is 17.8 Å². The fourth-order valence-electron chi connectivity index (χ4n) is 3.02. The predicted octanol–water partition coefficient (Wildman–Crippen LogP) is 3.78. The second-order valence-corrected chi connectivity index (χ2v) is 4.78. The SMILES string of the molecule is C=C(CCC)C1CC2CC(C2)C1. The molecule has 2 bridgehead atoms. The van der Waals surface area contributed by atoms with Crippen molar-refractivity contribution in [3.05, 3.63) is 12.2 Å². The zero-order valence-electron chi connectivity index (χ0n) is 8.18. The topological polar surface area (TPSA) is 0 Å². The van der Waals surface area contributed by atoms with Crippen LogP contribution in [0.1, 0.15) is 45.4 Å². The average Bonchev–Trinajstić information content (AvgIpc) is 2.04. The van der Waals surface area contributed by atoms with E-state index < -0.39 is 0 Å². The number of allylic oxidation sites excluding steroid dienone is 1. The Labute approximate surface area is 76.1 Å². The molecule has 0 unspecified atom stereocenters. The van der Waals surface area contributed by atoms with Gasteiger partial charge < -0.3 is 0 Å². The summed E-state index contributed by atoms with van der Waals surface area (Å²) in [5.41, 5.74) is 1.55. The lowest BCUT2D eigenvalue weighted by Crippen LogP contribution is -2.34. The Hall–Kier alpha value is -0.260. The molecule has 3 rings (SSSR count). The maximum atomic E-state index is 4.22. The monoisotopic (exact) mass is 164 g/mol. The maximum absolute atomic E-state index is 4.22. The van der Waals surface area contributed by atoms with Crippen molar-refractivity contribution < 1.29 is 0 Å². The quantitative estimate of drug-likeness (QED) is 0.557. The van der Waals surface area contributed by atoms with Crippen LogP contribution in [0.3, 0.4) is 0 Å². The summed E-state index contributed by atoms with van der Waals surface area (Å²) < 4.78 is 0. The molecule has 0 radical (unpaired) electrons. The van der Waals surface area contributed by atoms with E-state index in [4.69, 9.17) is 0 Å². The van der Waals surface area contributed by atoms with Crippen molar-refractivity contribution in [3.8, 4) is 0 Å². The van der Waals surface area contributed by atoms with Gasteiger partial charge >= 0.3 is 0 Å². The summed E-state index contributed by atoms with van der Waals surface area (Å²) in [4.78, 5) is 0. The van der Waals surface area contributed by atoms with E-state index in [1.807, 2.05) is 0 Å². The third kappa shape index (κ3) is 1.44. The van der Waals surface area contributed by atoms with Crippen molar-refractivity contribution in [1.29, 1.82) is 0 Å². The smallest absolute Gasteiger partial charge is 0.0201 e. The fourth-order valence-corrected chi connectivity index (χ4v) is 3.02. The summed E-state index contributed by atoms with van der Waals surface area (Å²) >= 11 is 0. The van der Waals surface area contributed by atoms with E-state index in [1.54, 1.807) is 5.57 Å². The Kier molecular flexibility index (Phi) is 2.25. The first-order chi connectivity index (χ1) is 5.79. The van der Waals surface area contributed by atoms with Gasteiger partial charge in [0.1, 0.15) is 0 Å². The first-order valence-corrected chi connectivity index (χ1v) is 5.47. The van der Waals surface area contributed by atoms with E-state index >= 15 is 0 Å². The number of hydrogen-bond acceptors (Lipinski definition) is 0. The Morgan fingerprint density at radius 1 is 1.17 bits per heavy atom. The molecule has 0 aromatic rings. The first kappa shape index (κ1) is 8.34. The molecule has 3 fully saturated rings.